The first-order valence-corrected chi connectivity index (χ1v) is 11.6. The SMILES string of the molecule is CCCN(Cc1nnc(-c2ccccc2Cl)o1)C(=O)c1cccc(S(=O)(=O)N(C)OC)c1. The van der Waals surface area contributed by atoms with Crippen molar-refractivity contribution in [1.29, 1.82) is 0 Å². The van der Waals surface area contributed by atoms with Crippen molar-refractivity contribution in [2.45, 2.75) is 24.8 Å². The Morgan fingerprint density at radius 2 is 1.91 bits per heavy atom. The summed E-state index contributed by atoms with van der Waals surface area (Å²) < 4.78 is 31.5. The molecule has 32 heavy (non-hydrogen) atoms. The van der Waals surface area contributed by atoms with E-state index in [1.54, 1.807) is 30.3 Å². The summed E-state index contributed by atoms with van der Waals surface area (Å²) in [4.78, 5) is 19.4. The van der Waals surface area contributed by atoms with Crippen molar-refractivity contribution in [2.24, 2.45) is 0 Å². The summed E-state index contributed by atoms with van der Waals surface area (Å²) in [5.41, 5.74) is 0.816. The second kappa shape index (κ2) is 10.2. The molecule has 2 aromatic carbocycles. The fourth-order valence-electron chi connectivity index (χ4n) is 2.97. The number of rotatable bonds is 9. The Balaban J connectivity index is 1.85. The third kappa shape index (κ3) is 5.16. The average molecular weight is 479 g/mol. The van der Waals surface area contributed by atoms with Gasteiger partial charge < -0.3 is 9.32 Å². The maximum absolute atomic E-state index is 13.2. The van der Waals surface area contributed by atoms with Crippen molar-refractivity contribution in [3.63, 3.8) is 0 Å². The molecule has 0 aliphatic carbocycles. The van der Waals surface area contributed by atoms with E-state index in [2.05, 4.69) is 10.2 Å². The summed E-state index contributed by atoms with van der Waals surface area (Å²) in [5.74, 6) is 0.135. The van der Waals surface area contributed by atoms with Crippen LogP contribution in [0.5, 0.6) is 0 Å². The Kier molecular flexibility index (Phi) is 7.62. The largest absolute Gasteiger partial charge is 0.419 e. The lowest BCUT2D eigenvalue weighted by atomic mass is 10.2. The molecule has 0 N–H and O–H groups in total. The number of hydroxylamine groups is 1. The quantitative estimate of drug-likeness (QED) is 0.432. The van der Waals surface area contributed by atoms with E-state index in [1.807, 2.05) is 6.92 Å². The molecular formula is C21H23ClN4O5S. The zero-order valence-corrected chi connectivity index (χ0v) is 19.4. The van der Waals surface area contributed by atoms with Crippen molar-refractivity contribution >= 4 is 27.5 Å². The van der Waals surface area contributed by atoms with Gasteiger partial charge in [0.2, 0.25) is 11.8 Å². The van der Waals surface area contributed by atoms with Crippen LogP contribution in [0.3, 0.4) is 0 Å². The Morgan fingerprint density at radius 1 is 1.16 bits per heavy atom. The number of aromatic nitrogens is 2. The molecule has 0 saturated carbocycles. The van der Waals surface area contributed by atoms with Gasteiger partial charge in [-0.25, -0.2) is 8.42 Å². The fraction of sp³-hybridized carbons (Fsp3) is 0.286. The average Bonchev–Trinajstić information content (AvgIpc) is 3.26. The van der Waals surface area contributed by atoms with Gasteiger partial charge in [-0.1, -0.05) is 41.2 Å². The van der Waals surface area contributed by atoms with E-state index in [0.29, 0.717) is 23.6 Å². The van der Waals surface area contributed by atoms with Gasteiger partial charge >= 0.3 is 0 Å². The lowest BCUT2D eigenvalue weighted by molar-refractivity contribution is -0.0258. The van der Waals surface area contributed by atoms with Crippen molar-refractivity contribution in [3.8, 4) is 11.5 Å². The lowest BCUT2D eigenvalue weighted by Gasteiger charge is -2.21. The molecule has 0 unspecified atom stereocenters. The molecule has 0 fully saturated rings. The van der Waals surface area contributed by atoms with E-state index in [0.717, 1.165) is 4.47 Å². The maximum atomic E-state index is 13.2. The number of carbonyl (C=O) groups is 1. The van der Waals surface area contributed by atoms with Gasteiger partial charge in [0.05, 0.1) is 29.1 Å². The van der Waals surface area contributed by atoms with E-state index in [1.165, 1.54) is 37.3 Å². The van der Waals surface area contributed by atoms with E-state index >= 15 is 0 Å². The number of hydrogen-bond acceptors (Lipinski definition) is 7. The van der Waals surface area contributed by atoms with Crippen LogP contribution in [0.25, 0.3) is 11.5 Å². The number of benzene rings is 2. The summed E-state index contributed by atoms with van der Waals surface area (Å²) in [6, 6.07) is 12.9. The Bertz CT molecular complexity index is 1200. The molecule has 0 atom stereocenters. The third-order valence-electron chi connectivity index (χ3n) is 4.65. The van der Waals surface area contributed by atoms with Gasteiger partial charge in [0.1, 0.15) is 0 Å². The minimum absolute atomic E-state index is 0.0528. The molecular weight excluding hydrogens is 456 g/mol. The Hall–Kier alpha value is -2.79. The molecule has 0 spiro atoms. The maximum Gasteiger partial charge on any atom is 0.264 e. The highest BCUT2D eigenvalue weighted by atomic mass is 35.5. The van der Waals surface area contributed by atoms with Gasteiger partial charge in [-0.15, -0.1) is 10.2 Å². The molecule has 3 rings (SSSR count). The number of nitrogens with zero attached hydrogens (tertiary/aromatic N) is 4. The van der Waals surface area contributed by atoms with Gasteiger partial charge in [-0.2, -0.15) is 0 Å². The van der Waals surface area contributed by atoms with Crippen LogP contribution in [0.4, 0.5) is 0 Å². The predicted octanol–water partition coefficient (Wildman–Crippen LogP) is 3.62. The van der Waals surface area contributed by atoms with Gasteiger partial charge in [0.15, 0.2) is 0 Å². The zero-order chi connectivity index (χ0) is 23.3. The predicted molar refractivity (Wildman–Crippen MR) is 118 cm³/mol. The van der Waals surface area contributed by atoms with Crippen molar-refractivity contribution in [2.75, 3.05) is 20.7 Å². The second-order valence-electron chi connectivity index (χ2n) is 6.83. The van der Waals surface area contributed by atoms with Gasteiger partial charge in [0, 0.05) is 19.2 Å². The Labute approximate surface area is 191 Å². The number of carbonyl (C=O) groups excluding carboxylic acids is 1. The highest BCUT2D eigenvalue weighted by molar-refractivity contribution is 7.89. The number of sulfonamides is 1. The molecule has 0 radical (unpaired) electrons. The summed E-state index contributed by atoms with van der Waals surface area (Å²) in [5, 5.41) is 8.54. The van der Waals surface area contributed by atoms with Crippen LogP contribution in [0.2, 0.25) is 5.02 Å². The summed E-state index contributed by atoms with van der Waals surface area (Å²) in [7, 11) is -1.36. The topological polar surface area (TPSA) is 106 Å². The van der Waals surface area contributed by atoms with Crippen LogP contribution in [0.15, 0.2) is 57.8 Å². The summed E-state index contributed by atoms with van der Waals surface area (Å²) in [6.07, 6.45) is 0.682. The zero-order valence-electron chi connectivity index (χ0n) is 17.9. The van der Waals surface area contributed by atoms with E-state index in [9.17, 15) is 13.2 Å². The summed E-state index contributed by atoms with van der Waals surface area (Å²) >= 11 is 6.18. The van der Waals surface area contributed by atoms with Crippen LogP contribution in [-0.2, 0) is 21.4 Å². The standard InChI is InChI=1S/C21H23ClN4O5S/c1-4-12-26(14-19-23-24-20(31-19)17-10-5-6-11-18(17)22)21(27)15-8-7-9-16(13-15)32(28,29)25(2)30-3/h5-11,13H,4,12,14H2,1-3H3. The highest BCUT2D eigenvalue weighted by Crippen LogP contribution is 2.26. The third-order valence-corrected chi connectivity index (χ3v) is 6.66. The van der Waals surface area contributed by atoms with Crippen LogP contribution in [0.1, 0.15) is 29.6 Å². The van der Waals surface area contributed by atoms with Crippen molar-refractivity contribution < 1.29 is 22.5 Å². The van der Waals surface area contributed by atoms with Crippen molar-refractivity contribution in [3.05, 3.63) is 65.0 Å². The molecule has 9 nitrogen and oxygen atoms in total. The first kappa shape index (κ1) is 23.9. The molecule has 0 saturated heterocycles. The Morgan fingerprint density at radius 3 is 2.59 bits per heavy atom. The van der Waals surface area contributed by atoms with E-state index < -0.39 is 10.0 Å². The number of amides is 1. The van der Waals surface area contributed by atoms with Gasteiger partial charge in [-0.3, -0.25) is 9.63 Å². The normalized spacial score (nSPS) is 11.7. The van der Waals surface area contributed by atoms with Crippen LogP contribution in [-0.4, -0.2) is 54.6 Å². The molecule has 0 aliphatic rings. The molecule has 1 heterocycles. The molecule has 170 valence electrons. The van der Waals surface area contributed by atoms with E-state index in [-0.39, 0.29) is 34.7 Å². The lowest BCUT2D eigenvalue weighted by Crippen LogP contribution is -2.32. The second-order valence-corrected chi connectivity index (χ2v) is 9.18. The fourth-order valence-corrected chi connectivity index (χ4v) is 4.20. The minimum atomic E-state index is -3.89. The first-order valence-electron chi connectivity index (χ1n) is 9.77. The first-order chi connectivity index (χ1) is 15.3. The van der Waals surface area contributed by atoms with Crippen molar-refractivity contribution in [1.82, 2.24) is 19.6 Å². The van der Waals surface area contributed by atoms with Crippen LogP contribution < -0.4 is 0 Å². The monoisotopic (exact) mass is 478 g/mol. The van der Waals surface area contributed by atoms with Gasteiger partial charge in [-0.05, 0) is 36.8 Å². The molecule has 3 aromatic rings. The molecule has 0 bridgehead atoms. The molecule has 11 heteroatoms. The molecule has 1 amide bonds. The number of hydrogen-bond donors (Lipinski definition) is 0. The van der Waals surface area contributed by atoms with E-state index in [4.69, 9.17) is 20.9 Å². The molecule has 0 aliphatic heterocycles. The number of halogens is 1. The van der Waals surface area contributed by atoms with Gasteiger partial charge in [0.25, 0.3) is 15.9 Å². The van der Waals surface area contributed by atoms with Crippen LogP contribution in [0, 0.1) is 0 Å². The highest BCUT2D eigenvalue weighted by Gasteiger charge is 2.24. The minimum Gasteiger partial charge on any atom is -0.419 e. The molecule has 1 aromatic heterocycles. The summed E-state index contributed by atoms with van der Waals surface area (Å²) in [6.45, 7) is 2.41. The smallest absolute Gasteiger partial charge is 0.264 e. The van der Waals surface area contributed by atoms with Crippen LogP contribution >= 0.6 is 11.6 Å².